The maximum atomic E-state index is 14.9. The summed E-state index contributed by atoms with van der Waals surface area (Å²) in [7, 11) is 7.81. The molecule has 3 N–H and O–H groups in total. The molecule has 4 fully saturated rings. The Morgan fingerprint density at radius 3 is 1.88 bits per heavy atom. The van der Waals surface area contributed by atoms with E-state index in [2.05, 4.69) is 28.8 Å². The van der Waals surface area contributed by atoms with Crippen molar-refractivity contribution in [2.24, 2.45) is 40.5 Å². The second kappa shape index (κ2) is 49.0. The molecule has 2 unspecified atom stereocenters. The Kier molecular flexibility index (Phi) is 39.2. The molecule has 8 amide bonds. The van der Waals surface area contributed by atoms with Gasteiger partial charge in [-0.25, -0.2) is 0 Å². The fraction of sp³-hybridized carbons (Fsp3) is 0.634. The molecule has 32 heteroatoms. The van der Waals surface area contributed by atoms with Crippen molar-refractivity contribution in [1.82, 2.24) is 35.1 Å². The molecule has 0 spiro atoms. The number of thioether (sulfide) groups is 2. The van der Waals surface area contributed by atoms with Crippen molar-refractivity contribution in [3.8, 4) is 17.2 Å². The number of unbranched alkanes of at least 4 members (excludes halogenated alkanes) is 2. The summed E-state index contributed by atoms with van der Waals surface area (Å²) in [6, 6.07) is 14.0. The van der Waals surface area contributed by atoms with E-state index in [1.54, 1.807) is 52.8 Å². The molecule has 0 aromatic heterocycles. The highest BCUT2D eigenvalue weighted by Gasteiger charge is 2.47. The summed E-state index contributed by atoms with van der Waals surface area (Å²) in [6.45, 7) is 27.3. The number of anilines is 1. The summed E-state index contributed by atoms with van der Waals surface area (Å²) in [5.74, 6) is -5.17. The molecule has 3 aromatic rings. The Morgan fingerprint density at radius 1 is 0.656 bits per heavy atom. The molecule has 0 bridgehead atoms. The first-order valence-corrected chi connectivity index (χ1v) is 46.2. The molecule has 0 aliphatic carbocycles. The van der Waals surface area contributed by atoms with E-state index in [0.29, 0.717) is 116 Å². The number of methoxy groups -OCH3 is 3. The molecule has 9 rings (SSSR count). The molecule has 3 aromatic carbocycles. The van der Waals surface area contributed by atoms with Crippen molar-refractivity contribution in [2.75, 3.05) is 151 Å². The van der Waals surface area contributed by atoms with Crippen LogP contribution in [0.3, 0.4) is 0 Å². The predicted molar refractivity (Wildman–Crippen MR) is 479 cm³/mol. The second-order valence-electron chi connectivity index (χ2n) is 34.2. The number of Topliss-reactive ketones (excluding diaryl/α,β-unsaturated/α-hetero) is 2. The molecule has 688 valence electrons. The van der Waals surface area contributed by atoms with E-state index in [1.807, 2.05) is 102 Å². The first kappa shape index (κ1) is 100. The zero-order chi connectivity index (χ0) is 90.7. The summed E-state index contributed by atoms with van der Waals surface area (Å²) in [4.78, 5) is 167. The van der Waals surface area contributed by atoms with Gasteiger partial charge in [0.1, 0.15) is 22.0 Å². The Bertz CT molecular complexity index is 4260. The molecule has 30 nitrogen and oxygen atoms in total. The van der Waals surface area contributed by atoms with Gasteiger partial charge >= 0.3 is 5.97 Å². The van der Waals surface area contributed by atoms with Crippen molar-refractivity contribution in [3.63, 3.8) is 0 Å². The third-order valence-electron chi connectivity index (χ3n) is 24.7. The zero-order valence-electron chi connectivity index (χ0n) is 75.3. The number of aliphatic carboxylic acids is 1. The number of rotatable bonds is 52. The summed E-state index contributed by atoms with van der Waals surface area (Å²) in [5, 5.41) is 15.2. The summed E-state index contributed by atoms with van der Waals surface area (Å²) >= 11 is 2.77. The number of carboxylic acids is 1. The number of nitrogens with zero attached hydrogens (tertiary/aromatic N) is 7. The topological polar surface area (TPSA) is 347 Å². The van der Waals surface area contributed by atoms with Crippen LogP contribution in [-0.2, 0) is 78.0 Å². The van der Waals surface area contributed by atoms with Gasteiger partial charge in [0.15, 0.2) is 17.3 Å². The lowest BCUT2D eigenvalue weighted by Gasteiger charge is -2.41. The van der Waals surface area contributed by atoms with Gasteiger partial charge in [0.2, 0.25) is 35.4 Å². The molecular weight excluding hydrogens is 1640 g/mol. The van der Waals surface area contributed by atoms with Gasteiger partial charge in [0.05, 0.1) is 163 Å². The van der Waals surface area contributed by atoms with Crippen molar-refractivity contribution in [2.45, 2.75) is 198 Å². The number of aryl methyl sites for hydroxylation is 1. The highest BCUT2D eigenvalue weighted by molar-refractivity contribution is 8.20. The molecule has 6 heterocycles. The maximum absolute atomic E-state index is 14.9. The van der Waals surface area contributed by atoms with E-state index >= 15 is 0 Å². The van der Waals surface area contributed by atoms with Crippen molar-refractivity contribution in [3.05, 3.63) is 101 Å². The van der Waals surface area contributed by atoms with E-state index in [1.165, 1.54) is 49.8 Å². The van der Waals surface area contributed by atoms with Crippen LogP contribution in [0.4, 0.5) is 11.4 Å². The van der Waals surface area contributed by atoms with Crippen LogP contribution in [0.2, 0.25) is 0 Å². The largest absolute Gasteiger partial charge is 0.493 e. The van der Waals surface area contributed by atoms with Gasteiger partial charge in [-0.05, 0) is 99.3 Å². The number of likely N-dealkylation sites (tertiary alicyclic amines) is 1. The molecule has 4 saturated heterocycles. The van der Waals surface area contributed by atoms with Gasteiger partial charge in [0, 0.05) is 116 Å². The first-order chi connectivity index (χ1) is 59.9. The quantitative estimate of drug-likeness (QED) is 0.0349. The summed E-state index contributed by atoms with van der Waals surface area (Å²) < 4.78 is 53.4. The van der Waals surface area contributed by atoms with Gasteiger partial charge < -0.3 is 87.8 Å². The van der Waals surface area contributed by atoms with Crippen LogP contribution < -0.4 is 29.7 Å². The highest BCUT2D eigenvalue weighted by Crippen LogP contribution is 2.43. The van der Waals surface area contributed by atoms with E-state index in [4.69, 9.17) is 42.6 Å². The van der Waals surface area contributed by atoms with Crippen molar-refractivity contribution in [1.29, 1.82) is 0 Å². The molecular formula is C93H133N9O21S2. The van der Waals surface area contributed by atoms with Gasteiger partial charge in [-0.15, -0.1) is 23.5 Å². The fourth-order valence-electron chi connectivity index (χ4n) is 17.6. The van der Waals surface area contributed by atoms with Gasteiger partial charge in [-0.3, -0.25) is 57.7 Å². The van der Waals surface area contributed by atoms with Gasteiger partial charge in [0.25, 0.3) is 11.8 Å². The number of aliphatic imine (C=N–C) groups is 1. The number of hydrogen-bond donors (Lipinski definition) is 3. The minimum atomic E-state index is -1.06. The number of carbonyl (C=O) groups is 11. The van der Waals surface area contributed by atoms with E-state index in [0.717, 1.165) is 35.1 Å². The lowest BCUT2D eigenvalue weighted by molar-refractivity contribution is -0.150. The number of benzene rings is 3. The minimum absolute atomic E-state index is 0.0201. The second-order valence-corrected chi connectivity index (χ2v) is 36.8. The van der Waals surface area contributed by atoms with Crippen LogP contribution in [0.5, 0.6) is 17.2 Å². The minimum Gasteiger partial charge on any atom is -0.493 e. The Balaban J connectivity index is 0.634. The standard InChI is InChI=1S/C93H133N9O21S2/c1-16-61(8)84(79(116-14)51-82(107)99-31-23-26-72(99)85(117-15)63(10)74(103)46-65(93(113)114)45-64-24-19-17-20-25-64)98(12)90(110)68(57(2)3)47-75(104)83(58(4)5)97(11)80(105)27-34-118-38-40-120-36-29-94-88(108)86-87(125-56-124-86)89(109)95-30-37-121-41-39-119-35-28-81(106)102-55-67-43-60(7)54-101(67)92(112)70-48-77(115-13)78(50-73(70)102)123-33-22-18-21-32-122-76-49-71-69(44-62(76)9)91(111)100-53-59(6)42-66(100)52-96-71/h17,19-20,24-25,44,48-50,52,57-58,61,63,65-68,72,79,83-87H,6-7,16,18,21-23,26-43,45-47,51,53-56H2,1-5,8-15H3,(H,94,108)(H,95,109)(H,113,114)/t61-,63-,65+,66-,67-,68-,72-,79+,83-,84-,85+,86?,87?/m0/s1. The number of ketones is 2. The molecule has 13 atom stereocenters. The third kappa shape index (κ3) is 26.9. The van der Waals surface area contributed by atoms with Crippen LogP contribution in [0.1, 0.15) is 164 Å². The van der Waals surface area contributed by atoms with Gasteiger partial charge in [-0.2, -0.15) is 0 Å². The van der Waals surface area contributed by atoms with Crippen molar-refractivity contribution >= 4 is 106 Å². The number of likely N-dealkylation sites (N-methyl/N-ethyl adjacent to an activating group) is 2. The molecule has 0 saturated carbocycles. The average Bonchev–Trinajstić information content (AvgIpc) is 1.62. The monoisotopic (exact) mass is 1780 g/mol. The first-order valence-electron chi connectivity index (χ1n) is 44.1. The lowest BCUT2D eigenvalue weighted by Crippen LogP contribution is -2.54. The van der Waals surface area contributed by atoms with Crippen LogP contribution in [0.25, 0.3) is 0 Å². The normalized spacial score (nSPS) is 19.9. The average molecular weight is 1780 g/mol. The number of nitrogens with one attached hydrogen (secondary N) is 2. The maximum Gasteiger partial charge on any atom is 0.307 e. The highest BCUT2D eigenvalue weighted by atomic mass is 32.2. The summed E-state index contributed by atoms with van der Waals surface area (Å²) in [6.07, 6.45) is 5.56. The number of fused-ring (bicyclic) bond motifs is 4. The predicted octanol–water partition coefficient (Wildman–Crippen LogP) is 10.0. The third-order valence-corrected chi connectivity index (χ3v) is 27.7. The molecule has 6 aliphatic rings. The van der Waals surface area contributed by atoms with E-state index in [-0.39, 0.29) is 200 Å². The van der Waals surface area contributed by atoms with E-state index < -0.39 is 64.6 Å². The number of ether oxygens (including phenoxy) is 9. The molecule has 0 radical (unpaired) electrons. The SMILES string of the molecule is C=C1C[C@H]2CN(C(=O)CCOCCOCCNC(=O)C3SCSC3C(=O)NCCOCCOCCC(=O)N(C)[C@H](C(=O)C[C@H](C(=O)N(C)[C@@H]([C@@H](C)CC)[C@@H](CC(=O)N3CCC[C@H]3[C@H](OC)[C@@H](C)C(=O)C[C@@H](Cc3ccccc3)C(=O)O)OC)C(C)C)C(C)C)c3cc(OCCCCCOc4cc5c(cc4C)C(=O)N4CC(=C)C[C@H]4C=N5)c(OC)cc3C(=O)N2C1. The number of amides is 8. The molecule has 6 aliphatic heterocycles. The lowest BCUT2D eigenvalue weighted by atomic mass is 9.83. The Morgan fingerprint density at radius 2 is 1.27 bits per heavy atom. The number of carboxylic acid groups (broad SMARTS) is 1. The zero-order valence-corrected chi connectivity index (χ0v) is 77.0. The van der Waals surface area contributed by atoms with Crippen LogP contribution in [0.15, 0.2) is 83.9 Å². The summed E-state index contributed by atoms with van der Waals surface area (Å²) in [5.41, 5.74) is 5.50. The van der Waals surface area contributed by atoms with Crippen molar-refractivity contribution < 1.29 is 100 Å². The van der Waals surface area contributed by atoms with Crippen LogP contribution >= 0.6 is 23.5 Å². The van der Waals surface area contributed by atoms with E-state index in [9.17, 15) is 57.8 Å². The smallest absolute Gasteiger partial charge is 0.307 e. The fourth-order valence-corrected chi connectivity index (χ4v) is 20.6. The van der Waals surface area contributed by atoms with Gasteiger partial charge in [-0.1, -0.05) is 110 Å². The van der Waals surface area contributed by atoms with Crippen LogP contribution in [0, 0.1) is 42.4 Å². The Hall–Kier alpha value is -8.76. The van der Waals surface area contributed by atoms with Crippen LogP contribution in [-0.4, -0.2) is 299 Å². The molecule has 125 heavy (non-hydrogen) atoms. The Labute approximate surface area is 745 Å². The number of hydrogen-bond acceptors (Lipinski definition) is 23. The number of carbonyl (C=O) groups excluding carboxylic acids is 10.